The van der Waals surface area contributed by atoms with Gasteiger partial charge in [-0.3, -0.25) is 4.79 Å². The molecule has 0 radical (unpaired) electrons. The molecule has 1 aromatic heterocycles. The molecule has 0 saturated carbocycles. The number of amides is 1. The monoisotopic (exact) mass is 356 g/mol. The van der Waals surface area contributed by atoms with Gasteiger partial charge in [0.1, 0.15) is 11.6 Å². The number of nitrogens with one attached hydrogen (secondary N) is 2. The number of rotatable bonds is 6. The lowest BCUT2D eigenvalue weighted by Gasteiger charge is -2.15. The van der Waals surface area contributed by atoms with Crippen LogP contribution in [-0.4, -0.2) is 40.4 Å². The van der Waals surface area contributed by atoms with Gasteiger partial charge in [-0.25, -0.2) is 9.97 Å². The predicted octanol–water partition coefficient (Wildman–Crippen LogP) is 2.29. The van der Waals surface area contributed by atoms with Gasteiger partial charge in [0.05, 0.1) is 10.7 Å². The first-order chi connectivity index (χ1) is 12.2. The summed E-state index contributed by atoms with van der Waals surface area (Å²) in [6, 6.07) is 3.95. The zero-order chi connectivity index (χ0) is 17.6. The molecular weight excluding hydrogens is 336 g/mol. The molecule has 2 aliphatic heterocycles. The van der Waals surface area contributed by atoms with Crippen LogP contribution >= 0.6 is 11.8 Å². The quantitative estimate of drug-likeness (QED) is 0.596. The van der Waals surface area contributed by atoms with E-state index < -0.39 is 0 Å². The van der Waals surface area contributed by atoms with Crippen LogP contribution in [0.4, 0.5) is 5.95 Å². The van der Waals surface area contributed by atoms with Crippen LogP contribution in [0, 0.1) is 11.3 Å². The second-order valence-electron chi connectivity index (χ2n) is 5.89. The standard InChI is InChI=1S/C17H20N6OS/c1-12-11-25-16(21-12)13(10-18)14-5-7-20-17(22-14)19-6-3-9-23-8-2-4-15(23)24/h5,7,11,21H,2-4,6,8-9H2,1H3,(H,19,20,22)/b16-13-. The number of hydrogen-bond donors (Lipinski definition) is 2. The summed E-state index contributed by atoms with van der Waals surface area (Å²) in [5.74, 6) is 0.736. The highest BCUT2D eigenvalue weighted by atomic mass is 32.2. The number of carbonyl (C=O) groups is 1. The van der Waals surface area contributed by atoms with Crippen LogP contribution in [0.1, 0.15) is 31.9 Å². The van der Waals surface area contributed by atoms with Crippen LogP contribution in [-0.2, 0) is 4.79 Å². The van der Waals surface area contributed by atoms with E-state index in [1.807, 2.05) is 17.2 Å². The molecule has 0 unspecified atom stereocenters. The van der Waals surface area contributed by atoms with Crippen molar-refractivity contribution in [3.05, 3.63) is 34.1 Å². The molecule has 0 aromatic carbocycles. The minimum Gasteiger partial charge on any atom is -0.354 e. The topological polar surface area (TPSA) is 93.9 Å². The van der Waals surface area contributed by atoms with Gasteiger partial charge in [0, 0.05) is 37.9 Å². The first-order valence-electron chi connectivity index (χ1n) is 8.27. The van der Waals surface area contributed by atoms with E-state index in [4.69, 9.17) is 0 Å². The first kappa shape index (κ1) is 17.3. The van der Waals surface area contributed by atoms with Gasteiger partial charge in [0.15, 0.2) is 0 Å². The third kappa shape index (κ3) is 4.31. The van der Waals surface area contributed by atoms with Crippen LogP contribution < -0.4 is 10.6 Å². The Labute approximate surface area is 151 Å². The molecule has 0 atom stereocenters. The van der Waals surface area contributed by atoms with E-state index in [1.165, 1.54) is 11.8 Å². The number of anilines is 1. The maximum Gasteiger partial charge on any atom is 0.223 e. The van der Waals surface area contributed by atoms with Crippen LogP contribution in [0.25, 0.3) is 5.57 Å². The Hall–Kier alpha value is -2.53. The summed E-state index contributed by atoms with van der Waals surface area (Å²) in [5, 5.41) is 18.6. The molecule has 0 bridgehead atoms. The Morgan fingerprint density at radius 2 is 2.44 bits per heavy atom. The van der Waals surface area contributed by atoms with Crippen molar-refractivity contribution in [2.45, 2.75) is 26.2 Å². The van der Waals surface area contributed by atoms with Crippen LogP contribution in [0.5, 0.6) is 0 Å². The average Bonchev–Trinajstić information content (AvgIpc) is 3.21. The van der Waals surface area contributed by atoms with Crippen molar-refractivity contribution in [3.8, 4) is 6.07 Å². The van der Waals surface area contributed by atoms with Gasteiger partial charge in [-0.15, -0.1) is 0 Å². The summed E-state index contributed by atoms with van der Waals surface area (Å²) in [6.45, 7) is 4.25. The van der Waals surface area contributed by atoms with E-state index in [9.17, 15) is 10.1 Å². The molecule has 3 heterocycles. The molecular formula is C17H20N6OS. The van der Waals surface area contributed by atoms with Gasteiger partial charge in [0.25, 0.3) is 0 Å². The van der Waals surface area contributed by atoms with Crippen molar-refractivity contribution in [2.75, 3.05) is 25.0 Å². The normalized spacial score (nSPS) is 18.6. The number of hydrogen-bond acceptors (Lipinski definition) is 7. The van der Waals surface area contributed by atoms with Crippen molar-refractivity contribution < 1.29 is 4.79 Å². The molecule has 1 fully saturated rings. The van der Waals surface area contributed by atoms with E-state index in [2.05, 4.69) is 26.7 Å². The third-order valence-corrected chi connectivity index (χ3v) is 4.99. The second-order valence-corrected chi connectivity index (χ2v) is 6.77. The first-order valence-corrected chi connectivity index (χ1v) is 9.15. The van der Waals surface area contributed by atoms with Gasteiger partial charge < -0.3 is 15.5 Å². The molecule has 1 saturated heterocycles. The van der Waals surface area contributed by atoms with Gasteiger partial charge in [-0.1, -0.05) is 11.8 Å². The van der Waals surface area contributed by atoms with Crippen molar-refractivity contribution in [2.24, 2.45) is 0 Å². The molecule has 8 heteroatoms. The molecule has 1 aromatic rings. The number of aromatic nitrogens is 2. The number of likely N-dealkylation sites (tertiary alicyclic amines) is 1. The Kier molecular flexibility index (Phi) is 5.56. The summed E-state index contributed by atoms with van der Waals surface area (Å²) in [4.78, 5) is 22.1. The Balaban J connectivity index is 1.58. The van der Waals surface area contributed by atoms with E-state index in [-0.39, 0.29) is 5.91 Å². The Morgan fingerprint density at radius 1 is 1.56 bits per heavy atom. The average molecular weight is 356 g/mol. The lowest BCUT2D eigenvalue weighted by Crippen LogP contribution is -2.27. The van der Waals surface area contributed by atoms with E-state index in [0.29, 0.717) is 30.2 Å². The van der Waals surface area contributed by atoms with E-state index in [0.717, 1.165) is 36.7 Å². The molecule has 3 rings (SSSR count). The van der Waals surface area contributed by atoms with Gasteiger partial charge in [-0.05, 0) is 31.2 Å². The summed E-state index contributed by atoms with van der Waals surface area (Å²) >= 11 is 1.49. The van der Waals surface area contributed by atoms with Gasteiger partial charge >= 0.3 is 0 Å². The molecule has 2 N–H and O–H groups in total. The number of nitrogens with zero attached hydrogens (tertiary/aromatic N) is 4. The van der Waals surface area contributed by atoms with E-state index >= 15 is 0 Å². The highest BCUT2D eigenvalue weighted by Gasteiger charge is 2.19. The summed E-state index contributed by atoms with van der Waals surface area (Å²) in [6.07, 6.45) is 4.12. The molecule has 0 aliphatic carbocycles. The lowest BCUT2D eigenvalue weighted by molar-refractivity contribution is -0.127. The predicted molar refractivity (Wildman–Crippen MR) is 98.0 cm³/mol. The van der Waals surface area contributed by atoms with Crippen molar-refractivity contribution in [1.82, 2.24) is 20.2 Å². The highest BCUT2D eigenvalue weighted by Crippen LogP contribution is 2.30. The molecule has 2 aliphatic rings. The molecule has 130 valence electrons. The van der Waals surface area contributed by atoms with Crippen LogP contribution in [0.3, 0.4) is 0 Å². The Morgan fingerprint density at radius 3 is 3.12 bits per heavy atom. The zero-order valence-electron chi connectivity index (χ0n) is 14.1. The number of allylic oxidation sites excluding steroid dienone is 2. The van der Waals surface area contributed by atoms with Gasteiger partial charge in [-0.2, -0.15) is 5.26 Å². The fourth-order valence-electron chi connectivity index (χ4n) is 2.72. The SMILES string of the molecule is CC1=CS/C(=C(/C#N)c2ccnc(NCCCN3CCCC3=O)n2)N1. The zero-order valence-corrected chi connectivity index (χ0v) is 14.9. The third-order valence-electron chi connectivity index (χ3n) is 3.97. The smallest absolute Gasteiger partial charge is 0.223 e. The maximum absolute atomic E-state index is 11.6. The van der Waals surface area contributed by atoms with Crippen molar-refractivity contribution in [1.29, 1.82) is 5.26 Å². The number of thioether (sulfide) groups is 1. The second kappa shape index (κ2) is 8.03. The largest absolute Gasteiger partial charge is 0.354 e. The fourth-order valence-corrected chi connectivity index (χ4v) is 3.57. The van der Waals surface area contributed by atoms with E-state index in [1.54, 1.807) is 12.3 Å². The number of nitriles is 1. The number of carbonyl (C=O) groups excluding carboxylic acids is 1. The van der Waals surface area contributed by atoms with Gasteiger partial charge in [0.2, 0.25) is 11.9 Å². The minimum atomic E-state index is 0.244. The lowest BCUT2D eigenvalue weighted by atomic mass is 10.2. The van der Waals surface area contributed by atoms with Crippen LogP contribution in [0.15, 0.2) is 28.4 Å². The Bertz CT molecular complexity index is 767. The summed E-state index contributed by atoms with van der Waals surface area (Å²) in [7, 11) is 0. The van der Waals surface area contributed by atoms with Crippen LogP contribution in [0.2, 0.25) is 0 Å². The molecule has 7 nitrogen and oxygen atoms in total. The summed E-state index contributed by atoms with van der Waals surface area (Å²) in [5.41, 5.74) is 2.11. The molecule has 1 amide bonds. The van der Waals surface area contributed by atoms with Crippen molar-refractivity contribution in [3.63, 3.8) is 0 Å². The molecule has 25 heavy (non-hydrogen) atoms. The minimum absolute atomic E-state index is 0.244. The molecule has 0 spiro atoms. The fraction of sp³-hybridized carbons (Fsp3) is 0.412. The summed E-state index contributed by atoms with van der Waals surface area (Å²) < 4.78 is 0. The highest BCUT2D eigenvalue weighted by molar-refractivity contribution is 8.06. The maximum atomic E-state index is 11.6. The van der Waals surface area contributed by atoms with Crippen molar-refractivity contribution >= 4 is 29.2 Å².